The normalized spacial score (nSPS) is 13.4. The van der Waals surface area contributed by atoms with Crippen LogP contribution >= 0.6 is 0 Å². The summed E-state index contributed by atoms with van der Waals surface area (Å²) in [7, 11) is 0. The molecule has 0 aliphatic heterocycles. The Morgan fingerprint density at radius 1 is 1.15 bits per heavy atom. The van der Waals surface area contributed by atoms with Crippen LogP contribution < -0.4 is 15.4 Å². The lowest BCUT2D eigenvalue weighted by Gasteiger charge is -2.26. The lowest BCUT2D eigenvalue weighted by Crippen LogP contribution is -2.25. The molecular weight excluding hydrogens is 335 g/mol. The second-order valence-electron chi connectivity index (χ2n) is 6.01. The number of ether oxygens (including phenoxy) is 1. The van der Waals surface area contributed by atoms with Crippen LogP contribution in [0.3, 0.4) is 0 Å². The number of hydrogen-bond acceptors (Lipinski definition) is 3. The Balaban J connectivity index is 1.72. The van der Waals surface area contributed by atoms with Crippen LogP contribution in [0.25, 0.3) is 0 Å². The van der Waals surface area contributed by atoms with Gasteiger partial charge in [0, 0.05) is 11.8 Å². The van der Waals surface area contributed by atoms with E-state index in [1.54, 1.807) is 30.3 Å². The molecule has 0 radical (unpaired) electrons. The number of amides is 2. The summed E-state index contributed by atoms with van der Waals surface area (Å²) in [4.78, 5) is 24.0. The van der Waals surface area contributed by atoms with E-state index in [-0.39, 0.29) is 17.4 Å². The maximum absolute atomic E-state index is 14.2. The molecule has 0 aromatic heterocycles. The number of anilines is 2. The Morgan fingerprint density at radius 3 is 2.58 bits per heavy atom. The maximum atomic E-state index is 14.2. The van der Waals surface area contributed by atoms with Crippen LogP contribution in [0.5, 0.6) is 5.75 Å². The van der Waals surface area contributed by atoms with Crippen molar-refractivity contribution in [2.75, 3.05) is 10.6 Å². The molecule has 1 aliphatic carbocycles. The molecule has 134 valence electrons. The summed E-state index contributed by atoms with van der Waals surface area (Å²) >= 11 is 0. The van der Waals surface area contributed by atoms with Crippen LogP contribution in [0.2, 0.25) is 0 Å². The van der Waals surface area contributed by atoms with Crippen molar-refractivity contribution >= 4 is 23.2 Å². The molecule has 3 rings (SSSR count). The molecule has 0 heterocycles. The highest BCUT2D eigenvalue weighted by atomic mass is 19.1. The third-order valence-electron chi connectivity index (χ3n) is 4.15. The molecule has 1 saturated carbocycles. The fourth-order valence-electron chi connectivity index (χ4n) is 2.51. The average Bonchev–Trinajstić information content (AvgIpc) is 2.59. The molecule has 1 fully saturated rings. The van der Waals surface area contributed by atoms with Gasteiger partial charge in [0.25, 0.3) is 5.91 Å². The van der Waals surface area contributed by atoms with E-state index in [1.807, 2.05) is 0 Å². The number of nitrogens with one attached hydrogen (secondary N) is 2. The zero-order valence-corrected chi connectivity index (χ0v) is 14.1. The molecule has 0 bridgehead atoms. The summed E-state index contributed by atoms with van der Waals surface area (Å²) in [5.74, 6) is -1.22. The maximum Gasteiger partial charge on any atom is 0.257 e. The SMILES string of the molecule is C=CC(=O)Nc1ccccc1C(=O)Nc1ccc(OC2CCC2)c(F)c1. The molecular formula is C20H19FN2O3. The van der Waals surface area contributed by atoms with E-state index in [1.165, 1.54) is 12.1 Å². The first-order valence-electron chi connectivity index (χ1n) is 8.37. The van der Waals surface area contributed by atoms with Crippen molar-refractivity contribution < 1.29 is 18.7 Å². The molecule has 2 aromatic carbocycles. The third kappa shape index (κ3) is 4.08. The standard InChI is InChI=1S/C20H19FN2O3/c1-2-19(24)23-17-9-4-3-8-15(17)20(25)22-13-10-11-18(16(21)12-13)26-14-6-5-7-14/h2-4,8-12,14H,1,5-7H2,(H,22,25)(H,23,24). The number of carbonyl (C=O) groups is 2. The Kier molecular flexibility index (Phi) is 5.31. The van der Waals surface area contributed by atoms with Crippen molar-refractivity contribution in [3.63, 3.8) is 0 Å². The topological polar surface area (TPSA) is 67.4 Å². The number of halogens is 1. The van der Waals surface area contributed by atoms with E-state index in [0.717, 1.165) is 25.3 Å². The number of hydrogen-bond donors (Lipinski definition) is 2. The predicted octanol–water partition coefficient (Wildman–Crippen LogP) is 4.13. The molecule has 2 amide bonds. The lowest BCUT2D eigenvalue weighted by molar-refractivity contribution is -0.111. The smallest absolute Gasteiger partial charge is 0.257 e. The van der Waals surface area contributed by atoms with Crippen molar-refractivity contribution in [1.29, 1.82) is 0 Å². The van der Waals surface area contributed by atoms with Crippen LogP contribution in [0.4, 0.5) is 15.8 Å². The number of rotatable bonds is 6. The second kappa shape index (κ2) is 7.82. The molecule has 1 aliphatic rings. The minimum Gasteiger partial charge on any atom is -0.487 e. The molecule has 0 atom stereocenters. The van der Waals surface area contributed by atoms with Gasteiger partial charge in [0.1, 0.15) is 0 Å². The first-order chi connectivity index (χ1) is 12.6. The van der Waals surface area contributed by atoms with Gasteiger partial charge in [-0.3, -0.25) is 9.59 Å². The lowest BCUT2D eigenvalue weighted by atomic mass is 9.96. The zero-order chi connectivity index (χ0) is 18.5. The van der Waals surface area contributed by atoms with E-state index in [4.69, 9.17) is 4.74 Å². The van der Waals surface area contributed by atoms with Crippen LogP contribution in [0.15, 0.2) is 55.1 Å². The Hall–Kier alpha value is -3.15. The fourth-order valence-corrected chi connectivity index (χ4v) is 2.51. The highest BCUT2D eigenvalue weighted by molar-refractivity contribution is 6.11. The zero-order valence-electron chi connectivity index (χ0n) is 14.1. The molecule has 0 saturated heterocycles. The monoisotopic (exact) mass is 354 g/mol. The highest BCUT2D eigenvalue weighted by Gasteiger charge is 2.21. The predicted molar refractivity (Wildman–Crippen MR) is 97.9 cm³/mol. The van der Waals surface area contributed by atoms with Crippen LogP contribution in [-0.4, -0.2) is 17.9 Å². The Morgan fingerprint density at radius 2 is 1.92 bits per heavy atom. The van der Waals surface area contributed by atoms with Gasteiger partial charge in [-0.05, 0) is 49.6 Å². The van der Waals surface area contributed by atoms with E-state index in [0.29, 0.717) is 11.4 Å². The summed E-state index contributed by atoms with van der Waals surface area (Å²) < 4.78 is 19.7. The average molecular weight is 354 g/mol. The van der Waals surface area contributed by atoms with E-state index >= 15 is 0 Å². The summed E-state index contributed by atoms with van der Waals surface area (Å²) in [5.41, 5.74) is 0.913. The van der Waals surface area contributed by atoms with Gasteiger partial charge in [-0.1, -0.05) is 18.7 Å². The van der Waals surface area contributed by atoms with Gasteiger partial charge in [0.05, 0.1) is 17.4 Å². The van der Waals surface area contributed by atoms with E-state index in [2.05, 4.69) is 17.2 Å². The van der Waals surface area contributed by atoms with Crippen LogP contribution in [0, 0.1) is 5.82 Å². The summed E-state index contributed by atoms with van der Waals surface area (Å²) in [6.07, 6.45) is 4.16. The quantitative estimate of drug-likeness (QED) is 0.767. The summed E-state index contributed by atoms with van der Waals surface area (Å²) in [5, 5.41) is 5.20. The van der Waals surface area contributed by atoms with Crippen LogP contribution in [0.1, 0.15) is 29.6 Å². The molecule has 2 aromatic rings. The van der Waals surface area contributed by atoms with Gasteiger partial charge in [-0.25, -0.2) is 4.39 Å². The van der Waals surface area contributed by atoms with Crippen LogP contribution in [-0.2, 0) is 4.79 Å². The minimum absolute atomic E-state index is 0.0743. The summed E-state index contributed by atoms with van der Waals surface area (Å²) in [6.45, 7) is 3.38. The molecule has 26 heavy (non-hydrogen) atoms. The van der Waals surface area contributed by atoms with Gasteiger partial charge < -0.3 is 15.4 Å². The van der Waals surface area contributed by atoms with Crippen molar-refractivity contribution in [3.8, 4) is 5.75 Å². The largest absolute Gasteiger partial charge is 0.487 e. The summed E-state index contributed by atoms with van der Waals surface area (Å²) in [6, 6.07) is 10.9. The van der Waals surface area contributed by atoms with E-state index < -0.39 is 17.6 Å². The first kappa shape index (κ1) is 17.7. The second-order valence-corrected chi connectivity index (χ2v) is 6.01. The van der Waals surface area contributed by atoms with Crippen molar-refractivity contribution in [3.05, 3.63) is 66.5 Å². The Bertz CT molecular complexity index is 847. The van der Waals surface area contributed by atoms with Crippen molar-refractivity contribution in [1.82, 2.24) is 0 Å². The Labute approximate surface area is 150 Å². The van der Waals surface area contributed by atoms with Gasteiger partial charge in [0.2, 0.25) is 5.91 Å². The molecule has 2 N–H and O–H groups in total. The van der Waals surface area contributed by atoms with Gasteiger partial charge in [-0.15, -0.1) is 0 Å². The van der Waals surface area contributed by atoms with Gasteiger partial charge in [-0.2, -0.15) is 0 Å². The van der Waals surface area contributed by atoms with Gasteiger partial charge >= 0.3 is 0 Å². The number of carbonyl (C=O) groups excluding carboxylic acids is 2. The fraction of sp³-hybridized carbons (Fsp3) is 0.200. The van der Waals surface area contributed by atoms with Crippen molar-refractivity contribution in [2.24, 2.45) is 0 Å². The molecule has 0 unspecified atom stereocenters. The van der Waals surface area contributed by atoms with Crippen molar-refractivity contribution in [2.45, 2.75) is 25.4 Å². The first-order valence-corrected chi connectivity index (χ1v) is 8.37. The molecule has 0 spiro atoms. The number of benzene rings is 2. The highest BCUT2D eigenvalue weighted by Crippen LogP contribution is 2.28. The van der Waals surface area contributed by atoms with Gasteiger partial charge in [0.15, 0.2) is 11.6 Å². The minimum atomic E-state index is -0.525. The number of para-hydroxylation sites is 1. The van der Waals surface area contributed by atoms with E-state index in [9.17, 15) is 14.0 Å². The third-order valence-corrected chi connectivity index (χ3v) is 4.15. The molecule has 6 heteroatoms. The molecule has 5 nitrogen and oxygen atoms in total.